The van der Waals surface area contributed by atoms with Crippen LogP contribution in [0, 0.1) is 0 Å². The Morgan fingerprint density at radius 2 is 0.840 bits per heavy atom. The van der Waals surface area contributed by atoms with Gasteiger partial charge in [0.05, 0.1) is 71.1 Å². The van der Waals surface area contributed by atoms with Gasteiger partial charge >= 0.3 is 0 Å². The number of hydrogen-bond donors (Lipinski definition) is 9. The Hall–Kier alpha value is -3.46. The molecular formula is C52H91N5O18. The second kappa shape index (κ2) is 36.6. The minimum atomic E-state index is -1.09. The molecule has 4 rings (SSSR count). The summed E-state index contributed by atoms with van der Waals surface area (Å²) in [5.74, 6) is -0.538. The number of carbonyl (C=O) groups is 6. The first-order valence-electron chi connectivity index (χ1n) is 27.7. The van der Waals surface area contributed by atoms with Gasteiger partial charge in [-0.2, -0.15) is 0 Å². The number of rotatable bonds is 44. The lowest BCUT2D eigenvalue weighted by Crippen LogP contribution is -2.57. The summed E-state index contributed by atoms with van der Waals surface area (Å²) in [5, 5.41) is 55.1. The summed E-state index contributed by atoms with van der Waals surface area (Å²) >= 11 is 0. The topological polar surface area (TPSA) is 317 Å². The van der Waals surface area contributed by atoms with Gasteiger partial charge in [-0.1, -0.05) is 38.5 Å². The maximum atomic E-state index is 12.9. The number of unbranched alkanes of at least 4 members (excludes halogenated alkanes) is 9. The molecule has 8 atom stereocenters. The summed E-state index contributed by atoms with van der Waals surface area (Å²) in [6.07, 6.45) is 8.72. The van der Waals surface area contributed by atoms with E-state index in [0.29, 0.717) is 104 Å². The lowest BCUT2D eigenvalue weighted by Gasteiger charge is -2.38. The third-order valence-electron chi connectivity index (χ3n) is 13.6. The molecule has 0 saturated carbocycles. The average Bonchev–Trinajstić information content (AvgIpc) is 3.94. The molecule has 4 aliphatic rings. The molecule has 0 aromatic rings. The van der Waals surface area contributed by atoms with Crippen LogP contribution in [-0.4, -0.2) is 202 Å². The first-order chi connectivity index (χ1) is 36.2. The van der Waals surface area contributed by atoms with Crippen LogP contribution in [0.1, 0.15) is 148 Å². The molecular weight excluding hydrogens is 983 g/mol. The molecule has 75 heavy (non-hydrogen) atoms. The van der Waals surface area contributed by atoms with E-state index in [2.05, 4.69) is 26.6 Å². The van der Waals surface area contributed by atoms with Gasteiger partial charge in [0.2, 0.25) is 29.5 Å². The third-order valence-corrected chi connectivity index (χ3v) is 13.6. The van der Waals surface area contributed by atoms with Crippen LogP contribution in [0.4, 0.5) is 0 Å². The molecule has 432 valence electrons. The lowest BCUT2D eigenvalue weighted by atomic mass is 9.91. The highest BCUT2D eigenvalue weighted by molar-refractivity contribution is 5.77. The van der Waals surface area contributed by atoms with Crippen molar-refractivity contribution < 1.29 is 87.1 Å². The summed E-state index contributed by atoms with van der Waals surface area (Å²) in [5.41, 5.74) is -2.13. The summed E-state index contributed by atoms with van der Waals surface area (Å²) in [6.45, 7) is 4.82. The maximum Gasteiger partial charge on any atom is 0.222 e. The smallest absolute Gasteiger partial charge is 0.222 e. The van der Waals surface area contributed by atoms with E-state index in [1.807, 2.05) is 0 Å². The predicted molar refractivity (Wildman–Crippen MR) is 271 cm³/mol. The molecule has 0 spiro atoms. The lowest BCUT2D eigenvalue weighted by molar-refractivity contribution is -0.224. The standard InChI is InChI=1S/C52H91N5O18/c1-38(58)16-8-6-4-2-3-5-7-9-19-46(65)57-39(32-68-28-20-44(63)55-24-14-22-53-42(61)17-10-12-26-70-34-51-36-72-47(74-51)30-40(59)49(51)66)33-69-29-21-45(64)56-25-15-23-54-43(62)18-11-13-27-71-35-52-37-73-48(75-52)31-41(60)50(52)67/h39-41,47-50,59-60,66-67H,2-37H2,1H3,(H,53,61)(H,54,62)(H,55,63)(H,56,64)(H,57,65)/t40-,41-,47+,48+,49-,50-,51+,52+/m1/s1. The third kappa shape index (κ3) is 25.7. The van der Waals surface area contributed by atoms with Crippen molar-refractivity contribution in [3.05, 3.63) is 0 Å². The first kappa shape index (κ1) is 64.1. The van der Waals surface area contributed by atoms with E-state index in [4.69, 9.17) is 37.9 Å². The largest absolute Gasteiger partial charge is 0.390 e. The fourth-order valence-electron chi connectivity index (χ4n) is 9.19. The number of nitrogens with one attached hydrogen (secondary N) is 5. The van der Waals surface area contributed by atoms with E-state index in [1.165, 1.54) is 0 Å². The van der Waals surface area contributed by atoms with Crippen LogP contribution in [0.5, 0.6) is 0 Å². The molecule has 0 radical (unpaired) electrons. The van der Waals surface area contributed by atoms with Gasteiger partial charge in [0, 0.05) is 90.8 Å². The molecule has 23 nitrogen and oxygen atoms in total. The molecule has 5 amide bonds. The summed E-state index contributed by atoms with van der Waals surface area (Å²) < 4.78 is 45.3. The van der Waals surface area contributed by atoms with Crippen LogP contribution in [0.25, 0.3) is 0 Å². The zero-order valence-corrected chi connectivity index (χ0v) is 44.5. The van der Waals surface area contributed by atoms with Crippen molar-refractivity contribution >= 4 is 35.3 Å². The van der Waals surface area contributed by atoms with E-state index >= 15 is 0 Å². The highest BCUT2D eigenvalue weighted by Crippen LogP contribution is 2.38. The number of ether oxygens (including phenoxy) is 8. The van der Waals surface area contributed by atoms with Gasteiger partial charge in [-0.3, -0.25) is 24.0 Å². The zero-order chi connectivity index (χ0) is 54.2. The van der Waals surface area contributed by atoms with Crippen molar-refractivity contribution in [1.82, 2.24) is 26.6 Å². The molecule has 4 fully saturated rings. The van der Waals surface area contributed by atoms with Crippen LogP contribution in [0.3, 0.4) is 0 Å². The second-order valence-corrected chi connectivity index (χ2v) is 20.4. The van der Waals surface area contributed by atoms with Crippen LogP contribution >= 0.6 is 0 Å². The minimum absolute atomic E-state index is 0.0891. The molecule has 0 aliphatic carbocycles. The highest BCUT2D eigenvalue weighted by atomic mass is 16.8. The summed E-state index contributed by atoms with van der Waals surface area (Å²) in [6, 6.07) is -0.499. The maximum absolute atomic E-state index is 12.9. The van der Waals surface area contributed by atoms with Gasteiger partial charge in [-0.25, -0.2) is 0 Å². The minimum Gasteiger partial charge on any atom is -0.390 e. The number of Topliss-reactive ketones (excluding diaryl/α,β-unsaturated/α-hetero) is 1. The van der Waals surface area contributed by atoms with Crippen molar-refractivity contribution in [3.8, 4) is 0 Å². The number of amides is 5. The average molecular weight is 1070 g/mol. The van der Waals surface area contributed by atoms with E-state index in [0.717, 1.165) is 51.4 Å². The van der Waals surface area contributed by atoms with Crippen molar-refractivity contribution in [3.63, 3.8) is 0 Å². The molecule has 0 unspecified atom stereocenters. The van der Waals surface area contributed by atoms with E-state index < -0.39 is 54.2 Å². The Morgan fingerprint density at radius 3 is 1.27 bits per heavy atom. The molecule has 0 aromatic carbocycles. The molecule has 9 N–H and O–H groups in total. The highest BCUT2D eigenvalue weighted by Gasteiger charge is 2.56. The fourth-order valence-corrected chi connectivity index (χ4v) is 9.19. The Morgan fingerprint density at radius 1 is 0.467 bits per heavy atom. The summed E-state index contributed by atoms with van der Waals surface area (Å²) in [4.78, 5) is 73.5. The van der Waals surface area contributed by atoms with E-state index in [1.54, 1.807) is 6.92 Å². The number of ketones is 1. The fraction of sp³-hybridized carbons (Fsp3) is 0.885. The van der Waals surface area contributed by atoms with E-state index in [9.17, 15) is 49.2 Å². The first-order valence-corrected chi connectivity index (χ1v) is 27.7. The quantitative estimate of drug-likeness (QED) is 0.0382. The zero-order valence-electron chi connectivity index (χ0n) is 44.5. The van der Waals surface area contributed by atoms with Crippen LogP contribution in [0.2, 0.25) is 0 Å². The Bertz CT molecular complexity index is 1590. The molecule has 23 heteroatoms. The predicted octanol–water partition coefficient (Wildman–Crippen LogP) is 0.868. The number of fused-ring (bicyclic) bond motifs is 4. The molecule has 4 heterocycles. The second-order valence-electron chi connectivity index (χ2n) is 20.4. The number of aliphatic hydroxyl groups excluding tert-OH is 4. The molecule has 0 aromatic heterocycles. The van der Waals surface area contributed by atoms with Crippen LogP contribution in [-0.2, 0) is 66.7 Å². The molecule has 4 aliphatic heterocycles. The van der Waals surface area contributed by atoms with Crippen molar-refractivity contribution in [1.29, 1.82) is 0 Å². The van der Waals surface area contributed by atoms with Gasteiger partial charge in [-0.15, -0.1) is 0 Å². The molecule has 4 bridgehead atoms. The summed E-state index contributed by atoms with van der Waals surface area (Å²) in [7, 11) is 0. The molecule has 4 saturated heterocycles. The van der Waals surface area contributed by atoms with Crippen molar-refractivity contribution in [2.75, 3.05) is 92.2 Å². The van der Waals surface area contributed by atoms with Gasteiger partial charge in [0.15, 0.2) is 12.6 Å². The normalized spacial score (nSPS) is 24.8. The van der Waals surface area contributed by atoms with Gasteiger partial charge < -0.3 is 89.7 Å². The van der Waals surface area contributed by atoms with Crippen LogP contribution < -0.4 is 26.6 Å². The van der Waals surface area contributed by atoms with Crippen LogP contribution in [0.15, 0.2) is 0 Å². The SMILES string of the molecule is CC(=O)CCCCCCCCCCC(=O)NC(COCCC(=O)NCCCNC(=O)CCCCOC[C@]12CO[C@H](C[C@@H](O)[C@H]1O)O2)COCCC(=O)NCCCNC(=O)CCCCOC[C@]12CO[C@H](C[C@@H](O)[C@H]1O)O2. The number of aliphatic hydroxyl groups is 4. The number of carbonyl (C=O) groups excluding carboxylic acids is 6. The van der Waals surface area contributed by atoms with Gasteiger partial charge in [0.1, 0.15) is 29.2 Å². The van der Waals surface area contributed by atoms with Crippen molar-refractivity contribution in [2.24, 2.45) is 0 Å². The monoisotopic (exact) mass is 1070 g/mol. The Balaban J connectivity index is 0.999. The van der Waals surface area contributed by atoms with Gasteiger partial charge in [-0.05, 0) is 58.3 Å². The van der Waals surface area contributed by atoms with Gasteiger partial charge in [0.25, 0.3) is 0 Å². The Labute approximate surface area is 442 Å². The Kier molecular flexibility index (Phi) is 31.3. The number of hydrogen-bond acceptors (Lipinski definition) is 18. The van der Waals surface area contributed by atoms with Crippen molar-refractivity contribution in [2.45, 2.75) is 202 Å². The van der Waals surface area contributed by atoms with E-state index in [-0.39, 0.29) is 114 Å².